The van der Waals surface area contributed by atoms with Crippen molar-refractivity contribution in [3.05, 3.63) is 168 Å². The average Bonchev–Trinajstić information content (AvgIpc) is 3.74. The summed E-state index contributed by atoms with van der Waals surface area (Å²) < 4.78 is 4.54. The Kier molecular flexibility index (Phi) is 6.85. The standard InChI is InChI=1S/C47H25N7/c48-26-29-21-32(28-50)45-40(22-29)51-47(30-11-3-1-4-12-30)52-46(45)35-20-19-34(23-31(35)27-49)54-42-18-10-8-16-37(42)39-24-43-38(25-44(39)54)36-15-7-9-17-41(36)53(43)33-13-5-2-6-14-33/h1-25H. The van der Waals surface area contributed by atoms with Crippen LogP contribution in [-0.4, -0.2) is 19.1 Å². The van der Waals surface area contributed by atoms with E-state index >= 15 is 0 Å². The summed E-state index contributed by atoms with van der Waals surface area (Å²) >= 11 is 0. The lowest BCUT2D eigenvalue weighted by Crippen LogP contribution is -2.01. The lowest BCUT2D eigenvalue weighted by molar-refractivity contribution is 1.17. The molecule has 0 aliphatic rings. The topological polar surface area (TPSA) is 107 Å². The minimum atomic E-state index is 0.271. The fourth-order valence-corrected chi connectivity index (χ4v) is 7.86. The molecule has 0 bridgehead atoms. The van der Waals surface area contributed by atoms with Crippen LogP contribution in [0.2, 0.25) is 0 Å². The van der Waals surface area contributed by atoms with Crippen molar-refractivity contribution in [3.63, 3.8) is 0 Å². The molecule has 3 aromatic heterocycles. The van der Waals surface area contributed by atoms with E-state index in [2.05, 4.69) is 106 Å². The van der Waals surface area contributed by atoms with Gasteiger partial charge in [0.05, 0.1) is 68.2 Å². The highest BCUT2D eigenvalue weighted by Gasteiger charge is 2.22. The van der Waals surface area contributed by atoms with Crippen molar-refractivity contribution in [1.82, 2.24) is 19.1 Å². The van der Waals surface area contributed by atoms with Crippen LogP contribution in [0.5, 0.6) is 0 Å². The van der Waals surface area contributed by atoms with E-state index in [4.69, 9.17) is 9.97 Å². The van der Waals surface area contributed by atoms with Gasteiger partial charge >= 0.3 is 0 Å². The molecule has 0 saturated heterocycles. The molecule has 0 aliphatic heterocycles. The van der Waals surface area contributed by atoms with Gasteiger partial charge in [0.1, 0.15) is 0 Å². The van der Waals surface area contributed by atoms with E-state index in [0.29, 0.717) is 39.1 Å². The number of nitrogens with zero attached hydrogens (tertiary/aromatic N) is 7. The Morgan fingerprint density at radius 1 is 0.444 bits per heavy atom. The summed E-state index contributed by atoms with van der Waals surface area (Å²) in [6.07, 6.45) is 0. The molecule has 0 radical (unpaired) electrons. The summed E-state index contributed by atoms with van der Waals surface area (Å²) in [7, 11) is 0. The molecular weight excluding hydrogens is 663 g/mol. The van der Waals surface area contributed by atoms with Crippen LogP contribution in [-0.2, 0) is 0 Å². The molecule has 7 aromatic carbocycles. The van der Waals surface area contributed by atoms with Gasteiger partial charge in [-0.25, -0.2) is 9.97 Å². The third kappa shape index (κ3) is 4.59. The number of hydrogen-bond acceptors (Lipinski definition) is 5. The fraction of sp³-hybridized carbons (Fsp3) is 0. The minimum Gasteiger partial charge on any atom is -0.309 e. The van der Waals surface area contributed by atoms with Gasteiger partial charge in [-0.2, -0.15) is 15.8 Å². The number of rotatable bonds is 4. The first-order chi connectivity index (χ1) is 26.6. The van der Waals surface area contributed by atoms with Crippen molar-refractivity contribution < 1.29 is 0 Å². The zero-order valence-corrected chi connectivity index (χ0v) is 28.6. The largest absolute Gasteiger partial charge is 0.309 e. The SMILES string of the molecule is N#Cc1cc(C#N)c2c(-c3ccc(-n4c5ccccc5c5cc6c(cc54)c4ccccc4n6-c4ccccc4)cc3C#N)nc(-c3ccccc3)nc2c1. The summed E-state index contributed by atoms with van der Waals surface area (Å²) in [6, 6.07) is 57.2. The van der Waals surface area contributed by atoms with Gasteiger partial charge in [0.15, 0.2) is 5.82 Å². The summed E-state index contributed by atoms with van der Waals surface area (Å²) in [5.41, 5.74) is 9.46. The maximum Gasteiger partial charge on any atom is 0.160 e. The number of para-hydroxylation sites is 3. The van der Waals surface area contributed by atoms with Gasteiger partial charge in [-0.3, -0.25) is 0 Å². The highest BCUT2D eigenvalue weighted by atomic mass is 15.0. The summed E-state index contributed by atoms with van der Waals surface area (Å²) in [4.78, 5) is 9.79. The van der Waals surface area contributed by atoms with E-state index in [9.17, 15) is 15.8 Å². The zero-order chi connectivity index (χ0) is 36.3. The van der Waals surface area contributed by atoms with Crippen LogP contribution in [0.25, 0.3) is 88.5 Å². The molecule has 0 unspecified atom stereocenters. The Hall–Kier alpha value is -8.05. The maximum absolute atomic E-state index is 10.8. The summed E-state index contributed by atoms with van der Waals surface area (Å²) in [6.45, 7) is 0. The molecule has 0 fully saturated rings. The second-order valence-electron chi connectivity index (χ2n) is 13.2. The molecule has 0 amide bonds. The van der Waals surface area contributed by atoms with Gasteiger partial charge in [-0.05, 0) is 66.7 Å². The highest BCUT2D eigenvalue weighted by molar-refractivity contribution is 6.19. The van der Waals surface area contributed by atoms with Crippen molar-refractivity contribution in [1.29, 1.82) is 15.8 Å². The minimum absolute atomic E-state index is 0.271. The zero-order valence-electron chi connectivity index (χ0n) is 28.6. The summed E-state index contributed by atoms with van der Waals surface area (Å²) in [5, 5.41) is 35.7. The monoisotopic (exact) mass is 687 g/mol. The molecule has 0 atom stereocenters. The summed E-state index contributed by atoms with van der Waals surface area (Å²) in [5.74, 6) is 0.436. The number of aromatic nitrogens is 4. The first kappa shape index (κ1) is 30.7. The van der Waals surface area contributed by atoms with Crippen LogP contribution >= 0.6 is 0 Å². The van der Waals surface area contributed by atoms with E-state index in [1.54, 1.807) is 12.1 Å². The molecule has 0 saturated carbocycles. The van der Waals surface area contributed by atoms with Crippen LogP contribution in [0.4, 0.5) is 0 Å². The quantitative estimate of drug-likeness (QED) is 0.183. The molecule has 7 nitrogen and oxygen atoms in total. The van der Waals surface area contributed by atoms with Crippen molar-refractivity contribution >= 4 is 54.5 Å². The van der Waals surface area contributed by atoms with Crippen molar-refractivity contribution in [2.75, 3.05) is 0 Å². The van der Waals surface area contributed by atoms with Crippen LogP contribution in [0.3, 0.4) is 0 Å². The molecule has 10 aromatic rings. The lowest BCUT2D eigenvalue weighted by atomic mass is 9.96. The maximum atomic E-state index is 10.8. The van der Waals surface area contributed by atoms with E-state index in [1.165, 1.54) is 0 Å². The van der Waals surface area contributed by atoms with Gasteiger partial charge in [0.2, 0.25) is 0 Å². The molecule has 3 heterocycles. The first-order valence-corrected chi connectivity index (χ1v) is 17.4. The molecule has 10 rings (SSSR count). The van der Waals surface area contributed by atoms with E-state index in [-0.39, 0.29) is 5.56 Å². The lowest BCUT2D eigenvalue weighted by Gasteiger charge is -2.14. The van der Waals surface area contributed by atoms with E-state index in [0.717, 1.165) is 60.5 Å². The Bertz CT molecular complexity index is 3300. The van der Waals surface area contributed by atoms with Crippen LogP contribution < -0.4 is 0 Å². The first-order valence-electron chi connectivity index (χ1n) is 17.4. The van der Waals surface area contributed by atoms with Crippen molar-refractivity contribution in [2.45, 2.75) is 0 Å². The molecule has 248 valence electrons. The van der Waals surface area contributed by atoms with Gasteiger partial charge in [-0.15, -0.1) is 0 Å². The van der Waals surface area contributed by atoms with E-state index in [1.807, 2.05) is 60.7 Å². The Balaban J connectivity index is 1.24. The third-order valence-corrected chi connectivity index (χ3v) is 10.2. The predicted octanol–water partition coefficient (Wildman–Crippen LogP) is 10.8. The average molecular weight is 688 g/mol. The van der Waals surface area contributed by atoms with Gasteiger partial charge in [0.25, 0.3) is 0 Å². The number of fused-ring (bicyclic) bond motifs is 7. The van der Waals surface area contributed by atoms with Crippen LogP contribution in [0.15, 0.2) is 152 Å². The molecule has 7 heteroatoms. The molecule has 0 aliphatic carbocycles. The number of nitriles is 3. The molecule has 0 N–H and O–H groups in total. The van der Waals surface area contributed by atoms with Gasteiger partial charge < -0.3 is 9.13 Å². The Morgan fingerprint density at radius 2 is 1.04 bits per heavy atom. The highest BCUT2D eigenvalue weighted by Crippen LogP contribution is 2.41. The Labute approximate surface area is 309 Å². The molecule has 0 spiro atoms. The van der Waals surface area contributed by atoms with Crippen molar-refractivity contribution in [3.8, 4) is 52.2 Å². The van der Waals surface area contributed by atoms with Gasteiger partial charge in [-0.1, -0.05) is 84.9 Å². The number of benzene rings is 7. The van der Waals surface area contributed by atoms with Crippen LogP contribution in [0.1, 0.15) is 16.7 Å². The normalized spacial score (nSPS) is 11.3. The third-order valence-electron chi connectivity index (χ3n) is 10.2. The molecular formula is C47H25N7. The second kappa shape index (κ2) is 12.0. The predicted molar refractivity (Wildman–Crippen MR) is 213 cm³/mol. The Morgan fingerprint density at radius 3 is 1.67 bits per heavy atom. The fourth-order valence-electron chi connectivity index (χ4n) is 7.86. The molecule has 54 heavy (non-hydrogen) atoms. The van der Waals surface area contributed by atoms with Gasteiger partial charge in [0, 0.05) is 49.4 Å². The van der Waals surface area contributed by atoms with Crippen molar-refractivity contribution in [2.24, 2.45) is 0 Å². The number of hydrogen-bond donors (Lipinski definition) is 0. The van der Waals surface area contributed by atoms with E-state index < -0.39 is 0 Å². The van der Waals surface area contributed by atoms with Crippen LogP contribution in [0, 0.1) is 34.0 Å². The second-order valence-corrected chi connectivity index (χ2v) is 13.2. The smallest absolute Gasteiger partial charge is 0.160 e.